The van der Waals surface area contributed by atoms with E-state index >= 15 is 0 Å². The lowest BCUT2D eigenvalue weighted by molar-refractivity contribution is 0.242. The van der Waals surface area contributed by atoms with E-state index in [0.29, 0.717) is 18.7 Å². The number of fused-ring (bicyclic) bond motifs is 1. The van der Waals surface area contributed by atoms with Crippen molar-refractivity contribution in [2.75, 3.05) is 13.6 Å². The first-order chi connectivity index (χ1) is 12.4. The molecule has 0 aliphatic rings. The van der Waals surface area contributed by atoms with Crippen LogP contribution in [0.2, 0.25) is 0 Å². The summed E-state index contributed by atoms with van der Waals surface area (Å²) in [4.78, 5) is 3.50. The number of aromatic nitrogens is 1. The Kier molecular flexibility index (Phi) is 5.34. The van der Waals surface area contributed by atoms with Crippen molar-refractivity contribution in [3.05, 3.63) is 60.3 Å². The first-order valence-electron chi connectivity index (χ1n) is 8.66. The van der Waals surface area contributed by atoms with Gasteiger partial charge in [-0.05, 0) is 56.2 Å². The molecule has 0 spiro atoms. The average Bonchev–Trinajstić information content (AvgIpc) is 3.03. The minimum absolute atomic E-state index is 0.0521. The van der Waals surface area contributed by atoms with Crippen molar-refractivity contribution < 1.29 is 13.2 Å². The van der Waals surface area contributed by atoms with Gasteiger partial charge in [0.1, 0.15) is 5.75 Å². The van der Waals surface area contributed by atoms with E-state index in [1.165, 1.54) is 4.31 Å². The van der Waals surface area contributed by atoms with Gasteiger partial charge in [-0.3, -0.25) is 0 Å². The van der Waals surface area contributed by atoms with Crippen molar-refractivity contribution in [1.29, 1.82) is 0 Å². The molecule has 0 fully saturated rings. The monoisotopic (exact) mass is 372 g/mol. The molecule has 5 nitrogen and oxygen atoms in total. The summed E-state index contributed by atoms with van der Waals surface area (Å²) in [7, 11) is -1.91. The predicted molar refractivity (Wildman–Crippen MR) is 104 cm³/mol. The third-order valence-electron chi connectivity index (χ3n) is 4.27. The van der Waals surface area contributed by atoms with Gasteiger partial charge in [0.05, 0.1) is 11.0 Å². The third kappa shape index (κ3) is 3.92. The van der Waals surface area contributed by atoms with Crippen LogP contribution in [-0.2, 0) is 16.4 Å². The molecule has 1 aromatic heterocycles. The molecular weight excluding hydrogens is 348 g/mol. The molecule has 1 N–H and O–H groups in total. The summed E-state index contributed by atoms with van der Waals surface area (Å²) < 4.78 is 32.5. The van der Waals surface area contributed by atoms with Gasteiger partial charge in [-0.25, -0.2) is 12.7 Å². The minimum Gasteiger partial charge on any atom is -0.491 e. The summed E-state index contributed by atoms with van der Waals surface area (Å²) in [5.74, 6) is 0.667. The molecule has 0 saturated heterocycles. The van der Waals surface area contributed by atoms with E-state index in [4.69, 9.17) is 4.74 Å². The average molecular weight is 372 g/mol. The highest BCUT2D eigenvalue weighted by Crippen LogP contribution is 2.22. The van der Waals surface area contributed by atoms with Crippen molar-refractivity contribution >= 4 is 20.9 Å². The van der Waals surface area contributed by atoms with Crippen LogP contribution in [0.1, 0.15) is 19.4 Å². The number of hydrogen-bond donors (Lipinski definition) is 1. The Morgan fingerprint density at radius 3 is 2.46 bits per heavy atom. The number of likely N-dealkylation sites (N-methyl/N-ethyl adjacent to an activating group) is 1. The zero-order valence-electron chi connectivity index (χ0n) is 15.3. The zero-order valence-corrected chi connectivity index (χ0v) is 16.1. The Bertz CT molecular complexity index is 976. The first-order valence-corrected chi connectivity index (χ1v) is 10.1. The SMILES string of the molecule is CC(C)Oc1ccc(S(=O)(=O)N(C)CCc2c[nH]c3ccccc23)cc1. The second-order valence-electron chi connectivity index (χ2n) is 6.57. The van der Waals surface area contributed by atoms with Crippen LogP contribution in [0.25, 0.3) is 10.9 Å². The summed E-state index contributed by atoms with van der Waals surface area (Å²) >= 11 is 0. The molecule has 6 heteroatoms. The van der Waals surface area contributed by atoms with Crippen molar-refractivity contribution in [3.8, 4) is 5.75 Å². The van der Waals surface area contributed by atoms with Gasteiger partial charge in [-0.1, -0.05) is 18.2 Å². The molecule has 0 aliphatic carbocycles. The second-order valence-corrected chi connectivity index (χ2v) is 8.62. The molecule has 0 atom stereocenters. The van der Waals surface area contributed by atoms with Crippen LogP contribution in [0.5, 0.6) is 5.75 Å². The maximum absolute atomic E-state index is 12.8. The Labute approximate surface area is 154 Å². The van der Waals surface area contributed by atoms with E-state index in [9.17, 15) is 8.42 Å². The number of ether oxygens (including phenoxy) is 1. The number of para-hydroxylation sites is 1. The fourth-order valence-corrected chi connectivity index (χ4v) is 4.05. The topological polar surface area (TPSA) is 62.4 Å². The van der Waals surface area contributed by atoms with E-state index in [0.717, 1.165) is 16.5 Å². The first kappa shape index (κ1) is 18.5. The molecule has 3 aromatic rings. The summed E-state index contributed by atoms with van der Waals surface area (Å²) in [6, 6.07) is 14.6. The predicted octanol–water partition coefficient (Wildman–Crippen LogP) is 3.82. The largest absolute Gasteiger partial charge is 0.491 e. The normalized spacial score (nSPS) is 12.2. The Hall–Kier alpha value is -2.31. The van der Waals surface area contributed by atoms with E-state index in [2.05, 4.69) is 4.98 Å². The molecule has 0 unspecified atom stereocenters. The van der Waals surface area contributed by atoms with Gasteiger partial charge in [0.25, 0.3) is 0 Å². The number of rotatable bonds is 7. The van der Waals surface area contributed by atoms with E-state index in [1.54, 1.807) is 31.3 Å². The van der Waals surface area contributed by atoms with E-state index < -0.39 is 10.0 Å². The van der Waals surface area contributed by atoms with Crippen LogP contribution in [0.3, 0.4) is 0 Å². The van der Waals surface area contributed by atoms with E-state index in [-0.39, 0.29) is 11.0 Å². The Morgan fingerprint density at radius 1 is 1.08 bits per heavy atom. The van der Waals surface area contributed by atoms with Crippen molar-refractivity contribution in [1.82, 2.24) is 9.29 Å². The van der Waals surface area contributed by atoms with Crippen LogP contribution < -0.4 is 4.74 Å². The highest BCUT2D eigenvalue weighted by Gasteiger charge is 2.21. The maximum atomic E-state index is 12.8. The second kappa shape index (κ2) is 7.51. The maximum Gasteiger partial charge on any atom is 0.242 e. The lowest BCUT2D eigenvalue weighted by Gasteiger charge is -2.17. The van der Waals surface area contributed by atoms with Crippen molar-refractivity contribution in [2.24, 2.45) is 0 Å². The van der Waals surface area contributed by atoms with E-state index in [1.807, 2.05) is 44.3 Å². The smallest absolute Gasteiger partial charge is 0.242 e. The summed E-state index contributed by atoms with van der Waals surface area (Å²) in [5, 5.41) is 1.13. The zero-order chi connectivity index (χ0) is 18.7. The molecule has 2 aromatic carbocycles. The van der Waals surface area contributed by atoms with Crippen LogP contribution >= 0.6 is 0 Å². The van der Waals surface area contributed by atoms with Crippen LogP contribution in [0, 0.1) is 0 Å². The van der Waals surface area contributed by atoms with Gasteiger partial charge >= 0.3 is 0 Å². The Balaban J connectivity index is 1.70. The fourth-order valence-electron chi connectivity index (χ4n) is 2.88. The number of benzene rings is 2. The highest BCUT2D eigenvalue weighted by atomic mass is 32.2. The molecule has 0 aliphatic heterocycles. The summed E-state index contributed by atoms with van der Waals surface area (Å²) in [6.07, 6.45) is 2.65. The molecule has 0 saturated carbocycles. The van der Waals surface area contributed by atoms with Crippen LogP contribution in [0.15, 0.2) is 59.6 Å². The molecule has 1 heterocycles. The molecule has 26 heavy (non-hydrogen) atoms. The number of nitrogens with zero attached hydrogens (tertiary/aromatic N) is 1. The Morgan fingerprint density at radius 2 is 1.77 bits per heavy atom. The number of sulfonamides is 1. The van der Waals surface area contributed by atoms with Gasteiger partial charge in [0, 0.05) is 30.7 Å². The van der Waals surface area contributed by atoms with Crippen molar-refractivity contribution in [2.45, 2.75) is 31.3 Å². The molecule has 3 rings (SSSR count). The summed E-state index contributed by atoms with van der Waals surface area (Å²) in [6.45, 7) is 4.28. The lowest BCUT2D eigenvalue weighted by Crippen LogP contribution is -2.29. The van der Waals surface area contributed by atoms with Crippen LogP contribution in [0.4, 0.5) is 0 Å². The number of nitrogens with one attached hydrogen (secondary N) is 1. The van der Waals surface area contributed by atoms with Gasteiger partial charge in [0.15, 0.2) is 0 Å². The fraction of sp³-hybridized carbons (Fsp3) is 0.300. The molecular formula is C20H24N2O3S. The van der Waals surface area contributed by atoms with Crippen molar-refractivity contribution in [3.63, 3.8) is 0 Å². The van der Waals surface area contributed by atoms with Crippen LogP contribution in [-0.4, -0.2) is 37.4 Å². The van der Waals surface area contributed by atoms with Gasteiger partial charge in [0.2, 0.25) is 10.0 Å². The molecule has 138 valence electrons. The van der Waals surface area contributed by atoms with Gasteiger partial charge in [-0.2, -0.15) is 0 Å². The summed E-state index contributed by atoms with van der Waals surface area (Å²) in [5.41, 5.74) is 2.18. The lowest BCUT2D eigenvalue weighted by atomic mass is 10.1. The molecule has 0 bridgehead atoms. The minimum atomic E-state index is -3.52. The third-order valence-corrected chi connectivity index (χ3v) is 6.15. The van der Waals surface area contributed by atoms with Gasteiger partial charge in [-0.15, -0.1) is 0 Å². The number of H-pyrrole nitrogens is 1. The quantitative estimate of drug-likeness (QED) is 0.686. The standard InChI is InChI=1S/C20H24N2O3S/c1-15(2)25-17-8-10-18(11-9-17)26(23,24)22(3)13-12-16-14-21-20-7-5-4-6-19(16)20/h4-11,14-15,21H,12-13H2,1-3H3. The molecule has 0 amide bonds. The number of aromatic amines is 1. The highest BCUT2D eigenvalue weighted by molar-refractivity contribution is 7.89. The molecule has 0 radical (unpaired) electrons. The number of hydrogen-bond acceptors (Lipinski definition) is 3. The van der Waals surface area contributed by atoms with Gasteiger partial charge < -0.3 is 9.72 Å².